The SMILES string of the molecule is CC12C[C@H](c3ccc(C=O)cc3)C3=C4CCC(=O)C=C4CCC3C1CC[C@@]2(O)C(F)(F)C(F)(F)F. The maximum atomic E-state index is 14.9. The van der Waals surface area contributed by atoms with Gasteiger partial charge in [0.15, 0.2) is 5.78 Å². The summed E-state index contributed by atoms with van der Waals surface area (Å²) in [6.45, 7) is 1.40. The van der Waals surface area contributed by atoms with Crippen LogP contribution in [-0.4, -0.2) is 34.9 Å². The first-order chi connectivity index (χ1) is 16.3. The maximum absolute atomic E-state index is 14.9. The first-order valence-corrected chi connectivity index (χ1v) is 12.0. The number of alkyl halides is 5. The van der Waals surface area contributed by atoms with Crippen LogP contribution in [0.15, 0.2) is 47.1 Å². The zero-order valence-electron chi connectivity index (χ0n) is 19.3. The first kappa shape index (κ1) is 24.3. The Morgan fingerprint density at radius 1 is 1.03 bits per heavy atom. The highest BCUT2D eigenvalue weighted by Crippen LogP contribution is 2.70. The third-order valence-electron chi connectivity index (χ3n) is 9.24. The number of carbonyl (C=O) groups excluding carboxylic acids is 2. The summed E-state index contributed by atoms with van der Waals surface area (Å²) in [5.74, 6) is -6.51. The van der Waals surface area contributed by atoms with Crippen LogP contribution in [0.25, 0.3) is 0 Å². The number of fused-ring (bicyclic) bond motifs is 4. The summed E-state index contributed by atoms with van der Waals surface area (Å²) in [6.07, 6.45) is -2.21. The highest BCUT2D eigenvalue weighted by molar-refractivity contribution is 5.93. The lowest BCUT2D eigenvalue weighted by atomic mass is 9.50. The zero-order valence-corrected chi connectivity index (χ0v) is 19.3. The van der Waals surface area contributed by atoms with Gasteiger partial charge in [-0.2, -0.15) is 22.0 Å². The minimum Gasteiger partial charge on any atom is -0.383 e. The molecule has 3 unspecified atom stereocenters. The molecule has 3 nitrogen and oxygen atoms in total. The smallest absolute Gasteiger partial charge is 0.383 e. The van der Waals surface area contributed by atoms with Crippen molar-refractivity contribution in [3.8, 4) is 0 Å². The second-order valence-corrected chi connectivity index (χ2v) is 10.8. The molecule has 1 N–H and O–H groups in total. The number of aliphatic hydroxyl groups is 1. The van der Waals surface area contributed by atoms with Gasteiger partial charge >= 0.3 is 12.1 Å². The summed E-state index contributed by atoms with van der Waals surface area (Å²) in [5, 5.41) is 11.2. The largest absolute Gasteiger partial charge is 0.456 e. The third-order valence-corrected chi connectivity index (χ3v) is 9.24. The number of allylic oxidation sites excluding steroid dienone is 4. The van der Waals surface area contributed by atoms with E-state index < -0.39 is 41.4 Å². The predicted molar refractivity (Wildman–Crippen MR) is 118 cm³/mol. The van der Waals surface area contributed by atoms with E-state index in [0.29, 0.717) is 43.1 Å². The number of halogens is 5. The van der Waals surface area contributed by atoms with Crippen LogP contribution < -0.4 is 0 Å². The number of ketones is 1. The Labute approximate surface area is 200 Å². The van der Waals surface area contributed by atoms with Gasteiger partial charge < -0.3 is 5.11 Å². The Balaban J connectivity index is 1.69. The molecule has 4 aliphatic carbocycles. The molecule has 0 bridgehead atoms. The Morgan fingerprint density at radius 2 is 1.71 bits per heavy atom. The monoisotopic (exact) mass is 494 g/mol. The quantitative estimate of drug-likeness (QED) is 0.395. The van der Waals surface area contributed by atoms with Crippen LogP contribution in [0.5, 0.6) is 0 Å². The highest BCUT2D eigenvalue weighted by atomic mass is 19.4. The Bertz CT molecular complexity index is 1130. The molecule has 35 heavy (non-hydrogen) atoms. The summed E-state index contributed by atoms with van der Waals surface area (Å²) >= 11 is 0. The summed E-state index contributed by atoms with van der Waals surface area (Å²) in [5.41, 5.74) is -0.804. The standard InChI is InChI=1S/C27H27F5O3/c1-24-13-21(16-4-2-15(14-33)3-5-16)23-19-9-7-18(34)12-17(19)6-8-20(23)22(24)10-11-25(24,35)26(28,29)27(30,31)32/h2-5,12,14,20-22,35H,6-11,13H2,1H3/t20?,21-,22?,24?,25+/m1/s1. The van der Waals surface area contributed by atoms with Crippen molar-refractivity contribution in [2.75, 3.05) is 0 Å². The van der Waals surface area contributed by atoms with E-state index in [1.165, 1.54) is 6.92 Å². The molecule has 4 aliphatic rings. The van der Waals surface area contributed by atoms with Gasteiger partial charge in [-0.3, -0.25) is 9.59 Å². The van der Waals surface area contributed by atoms with Crippen molar-refractivity contribution in [3.63, 3.8) is 0 Å². The number of carbonyl (C=O) groups is 2. The molecule has 1 aromatic rings. The van der Waals surface area contributed by atoms with Crippen molar-refractivity contribution < 1.29 is 36.6 Å². The number of hydrogen-bond acceptors (Lipinski definition) is 3. The lowest BCUT2D eigenvalue weighted by molar-refractivity contribution is -0.362. The molecule has 0 heterocycles. The molecule has 1 aromatic carbocycles. The van der Waals surface area contributed by atoms with Crippen molar-refractivity contribution >= 4 is 12.1 Å². The number of rotatable bonds is 3. The molecule has 0 aromatic heterocycles. The fourth-order valence-corrected chi connectivity index (χ4v) is 7.52. The van der Waals surface area contributed by atoms with Crippen molar-refractivity contribution in [3.05, 3.63) is 58.2 Å². The molecular weight excluding hydrogens is 467 g/mol. The molecular formula is C27H27F5O3. The topological polar surface area (TPSA) is 54.4 Å². The molecule has 188 valence electrons. The molecule has 2 saturated carbocycles. The van der Waals surface area contributed by atoms with Gasteiger partial charge in [0.1, 0.15) is 11.9 Å². The van der Waals surface area contributed by atoms with Crippen LogP contribution in [0.3, 0.4) is 0 Å². The van der Waals surface area contributed by atoms with Gasteiger partial charge in [0, 0.05) is 23.3 Å². The molecule has 0 spiro atoms. The minimum atomic E-state index is -5.87. The summed E-state index contributed by atoms with van der Waals surface area (Å²) < 4.78 is 70.5. The highest BCUT2D eigenvalue weighted by Gasteiger charge is 2.79. The van der Waals surface area contributed by atoms with Crippen LogP contribution in [0.1, 0.15) is 73.7 Å². The summed E-state index contributed by atoms with van der Waals surface area (Å²) in [6, 6.07) is 6.63. The van der Waals surface area contributed by atoms with E-state index in [-0.39, 0.29) is 24.5 Å². The molecule has 0 saturated heterocycles. The van der Waals surface area contributed by atoms with E-state index >= 15 is 0 Å². The van der Waals surface area contributed by atoms with E-state index in [1.807, 2.05) is 0 Å². The van der Waals surface area contributed by atoms with Gasteiger partial charge in [-0.1, -0.05) is 36.8 Å². The van der Waals surface area contributed by atoms with E-state index in [0.717, 1.165) is 16.7 Å². The van der Waals surface area contributed by atoms with Crippen LogP contribution in [0.4, 0.5) is 22.0 Å². The summed E-state index contributed by atoms with van der Waals surface area (Å²) in [7, 11) is 0. The van der Waals surface area contributed by atoms with E-state index in [1.54, 1.807) is 30.3 Å². The fourth-order valence-electron chi connectivity index (χ4n) is 7.52. The van der Waals surface area contributed by atoms with Crippen LogP contribution in [0, 0.1) is 17.3 Å². The molecule has 0 aliphatic heterocycles. The average Bonchev–Trinajstić information content (AvgIpc) is 3.09. The summed E-state index contributed by atoms with van der Waals surface area (Å²) in [4.78, 5) is 23.2. The van der Waals surface area contributed by atoms with Crippen molar-refractivity contribution in [2.24, 2.45) is 17.3 Å². The predicted octanol–water partition coefficient (Wildman–Crippen LogP) is 6.33. The van der Waals surface area contributed by atoms with Crippen molar-refractivity contribution in [2.45, 2.75) is 75.5 Å². The molecule has 2 fully saturated rings. The van der Waals surface area contributed by atoms with Crippen LogP contribution in [0.2, 0.25) is 0 Å². The maximum Gasteiger partial charge on any atom is 0.456 e. The molecule has 0 amide bonds. The minimum absolute atomic E-state index is 0.0374. The van der Waals surface area contributed by atoms with E-state index in [2.05, 4.69) is 0 Å². The number of hydrogen-bond donors (Lipinski definition) is 1. The van der Waals surface area contributed by atoms with Gasteiger partial charge in [-0.05, 0) is 73.1 Å². The normalized spacial score (nSPS) is 35.2. The van der Waals surface area contributed by atoms with Crippen molar-refractivity contribution in [1.82, 2.24) is 0 Å². The van der Waals surface area contributed by atoms with Crippen LogP contribution in [-0.2, 0) is 4.79 Å². The van der Waals surface area contributed by atoms with Gasteiger partial charge in [-0.15, -0.1) is 0 Å². The fraction of sp³-hybridized carbons (Fsp3) is 0.556. The van der Waals surface area contributed by atoms with E-state index in [4.69, 9.17) is 0 Å². The van der Waals surface area contributed by atoms with Gasteiger partial charge in [-0.25, -0.2) is 0 Å². The van der Waals surface area contributed by atoms with Crippen molar-refractivity contribution in [1.29, 1.82) is 0 Å². The van der Waals surface area contributed by atoms with Gasteiger partial charge in [0.05, 0.1) is 0 Å². The first-order valence-electron chi connectivity index (χ1n) is 12.0. The third kappa shape index (κ3) is 3.31. The Kier molecular flexibility index (Phi) is 5.44. The Morgan fingerprint density at radius 3 is 2.34 bits per heavy atom. The lowest BCUT2D eigenvalue weighted by Gasteiger charge is -2.56. The number of aldehydes is 1. The zero-order chi connectivity index (χ0) is 25.4. The van der Waals surface area contributed by atoms with E-state index in [9.17, 15) is 36.6 Å². The van der Waals surface area contributed by atoms with Crippen LogP contribution >= 0.6 is 0 Å². The molecule has 0 radical (unpaired) electrons. The van der Waals surface area contributed by atoms with Gasteiger partial charge in [0.2, 0.25) is 0 Å². The second kappa shape index (κ2) is 7.82. The molecule has 8 heteroatoms. The molecule has 5 rings (SSSR count). The number of benzene rings is 1. The lowest BCUT2D eigenvalue weighted by Crippen LogP contribution is -2.65. The average molecular weight is 495 g/mol. The Hall–Kier alpha value is -2.35. The van der Waals surface area contributed by atoms with Gasteiger partial charge in [0.25, 0.3) is 0 Å². The second-order valence-electron chi connectivity index (χ2n) is 10.8. The molecule has 5 atom stereocenters.